The first-order valence-electron chi connectivity index (χ1n) is 7.47. The molecule has 1 saturated carbocycles. The summed E-state index contributed by atoms with van der Waals surface area (Å²) in [6.45, 7) is 0.751. The number of hydrogen-bond donors (Lipinski definition) is 0. The van der Waals surface area contributed by atoms with Crippen molar-refractivity contribution in [2.45, 2.75) is 66.8 Å². The molecule has 1 aliphatic carbocycles. The number of alkyl halides is 6. The predicted octanol–water partition coefficient (Wildman–Crippen LogP) is 3.06. The van der Waals surface area contributed by atoms with E-state index in [0.29, 0.717) is 12.8 Å². The second-order valence-corrected chi connectivity index (χ2v) is 10.4. The van der Waals surface area contributed by atoms with E-state index in [2.05, 4.69) is 4.74 Å². The molecule has 0 aromatic rings. The second-order valence-electron chi connectivity index (χ2n) is 5.85. The third-order valence-electron chi connectivity index (χ3n) is 3.72. The van der Waals surface area contributed by atoms with Crippen LogP contribution in [0.15, 0.2) is 0 Å². The SMILES string of the molecule is CC(CC(S(=O)(=O)C(F)(F)F)S(=O)(=O)C(F)(F)F)OC(=O)OC1CCCC1. The lowest BCUT2D eigenvalue weighted by Crippen LogP contribution is -2.46. The van der Waals surface area contributed by atoms with Gasteiger partial charge in [0.05, 0.1) is 0 Å². The summed E-state index contributed by atoms with van der Waals surface area (Å²) in [5.41, 5.74) is -12.5. The van der Waals surface area contributed by atoms with Crippen LogP contribution in [0, 0.1) is 0 Å². The molecule has 1 rings (SSSR count). The summed E-state index contributed by atoms with van der Waals surface area (Å²) in [6.07, 6.45) is -3.23. The Morgan fingerprint density at radius 1 is 0.963 bits per heavy atom. The molecule has 0 aliphatic heterocycles. The lowest BCUT2D eigenvalue weighted by atomic mass is 10.3. The van der Waals surface area contributed by atoms with Crippen LogP contribution in [-0.4, -0.2) is 50.8 Å². The van der Waals surface area contributed by atoms with Gasteiger partial charge in [-0.15, -0.1) is 0 Å². The van der Waals surface area contributed by atoms with Crippen molar-refractivity contribution in [3.05, 3.63) is 0 Å². The standard InChI is InChI=1S/C12H16F6O7S2/c1-7(24-10(19)25-8-4-2-3-5-8)6-9(26(20,21)11(13,14)15)27(22,23)12(16,17)18/h7-9H,2-6H2,1H3. The number of carbonyl (C=O) groups is 1. The molecule has 0 aromatic carbocycles. The molecule has 0 spiro atoms. The average Bonchev–Trinajstić information content (AvgIpc) is 2.94. The molecular weight excluding hydrogens is 434 g/mol. The molecule has 1 fully saturated rings. The molecule has 160 valence electrons. The van der Waals surface area contributed by atoms with Crippen molar-refractivity contribution in [1.29, 1.82) is 0 Å². The van der Waals surface area contributed by atoms with Gasteiger partial charge in [0.15, 0.2) is 4.58 Å². The summed E-state index contributed by atoms with van der Waals surface area (Å²) in [4.78, 5) is 11.5. The van der Waals surface area contributed by atoms with E-state index in [1.54, 1.807) is 0 Å². The van der Waals surface area contributed by atoms with Crippen LogP contribution in [-0.2, 0) is 29.1 Å². The third-order valence-corrected chi connectivity index (χ3v) is 8.30. The Hall–Kier alpha value is -1.25. The zero-order valence-corrected chi connectivity index (χ0v) is 15.3. The van der Waals surface area contributed by atoms with Crippen LogP contribution in [0.25, 0.3) is 0 Å². The number of rotatable bonds is 6. The Balaban J connectivity index is 3.02. The summed E-state index contributed by atoms with van der Waals surface area (Å²) >= 11 is 0. The van der Waals surface area contributed by atoms with Crippen molar-refractivity contribution in [3.8, 4) is 0 Å². The fourth-order valence-electron chi connectivity index (χ4n) is 2.37. The summed E-state index contributed by atoms with van der Waals surface area (Å²) in [6, 6.07) is 0. The average molecular weight is 450 g/mol. The maximum atomic E-state index is 12.6. The van der Waals surface area contributed by atoms with E-state index in [1.807, 2.05) is 0 Å². The van der Waals surface area contributed by atoms with Gasteiger partial charge in [0.2, 0.25) is 0 Å². The summed E-state index contributed by atoms with van der Waals surface area (Å²) in [5.74, 6) is 0. The van der Waals surface area contributed by atoms with Crippen molar-refractivity contribution in [2.24, 2.45) is 0 Å². The molecule has 1 atom stereocenters. The highest BCUT2D eigenvalue weighted by Gasteiger charge is 2.63. The lowest BCUT2D eigenvalue weighted by molar-refractivity contribution is -0.0478. The van der Waals surface area contributed by atoms with Crippen LogP contribution in [0.3, 0.4) is 0 Å². The Kier molecular flexibility index (Phi) is 7.06. The molecule has 0 saturated heterocycles. The highest BCUT2D eigenvalue weighted by molar-refractivity contribution is 8.09. The van der Waals surface area contributed by atoms with Crippen LogP contribution in [0.1, 0.15) is 39.0 Å². The van der Waals surface area contributed by atoms with Gasteiger partial charge in [0.25, 0.3) is 19.7 Å². The van der Waals surface area contributed by atoms with E-state index in [4.69, 9.17) is 4.74 Å². The predicted molar refractivity (Wildman–Crippen MR) is 77.6 cm³/mol. The van der Waals surface area contributed by atoms with E-state index in [1.165, 1.54) is 0 Å². The molecule has 15 heteroatoms. The van der Waals surface area contributed by atoms with E-state index in [-0.39, 0.29) is 0 Å². The van der Waals surface area contributed by atoms with Gasteiger partial charge in [0.1, 0.15) is 12.2 Å². The molecule has 7 nitrogen and oxygen atoms in total. The van der Waals surface area contributed by atoms with Gasteiger partial charge in [0, 0.05) is 6.42 Å². The fourth-order valence-corrected chi connectivity index (χ4v) is 6.01. The van der Waals surface area contributed by atoms with Gasteiger partial charge >= 0.3 is 17.2 Å². The van der Waals surface area contributed by atoms with E-state index in [9.17, 15) is 48.0 Å². The molecule has 0 heterocycles. The van der Waals surface area contributed by atoms with Gasteiger partial charge < -0.3 is 9.47 Å². The monoisotopic (exact) mass is 450 g/mol. The van der Waals surface area contributed by atoms with E-state index in [0.717, 1.165) is 19.8 Å². The van der Waals surface area contributed by atoms with E-state index < -0.39 is 60.1 Å². The van der Waals surface area contributed by atoms with Crippen molar-refractivity contribution >= 4 is 25.8 Å². The molecule has 1 aliphatic rings. The third kappa shape index (κ3) is 5.62. The van der Waals surface area contributed by atoms with Gasteiger partial charge in [-0.3, -0.25) is 0 Å². The van der Waals surface area contributed by atoms with Crippen molar-refractivity contribution in [3.63, 3.8) is 0 Å². The number of carbonyl (C=O) groups excluding carboxylic acids is 1. The van der Waals surface area contributed by atoms with Crippen LogP contribution in [0.5, 0.6) is 0 Å². The normalized spacial score (nSPS) is 18.5. The minimum atomic E-state index is -6.77. The van der Waals surface area contributed by atoms with Crippen LogP contribution in [0.4, 0.5) is 31.1 Å². The summed E-state index contributed by atoms with van der Waals surface area (Å²) < 4.78 is 127. The molecule has 0 bridgehead atoms. The zero-order valence-electron chi connectivity index (χ0n) is 13.7. The molecule has 0 radical (unpaired) electrons. The highest BCUT2D eigenvalue weighted by Crippen LogP contribution is 2.38. The maximum Gasteiger partial charge on any atom is 0.508 e. The largest absolute Gasteiger partial charge is 0.508 e. The lowest BCUT2D eigenvalue weighted by Gasteiger charge is -2.23. The van der Waals surface area contributed by atoms with Crippen LogP contribution >= 0.6 is 0 Å². The Morgan fingerprint density at radius 2 is 1.37 bits per heavy atom. The summed E-state index contributed by atoms with van der Waals surface area (Å²) in [7, 11) is -13.5. The highest BCUT2D eigenvalue weighted by atomic mass is 32.3. The minimum Gasteiger partial charge on any atom is -0.431 e. The van der Waals surface area contributed by atoms with Gasteiger partial charge in [-0.05, 0) is 32.6 Å². The molecule has 0 amide bonds. The Bertz CT molecular complexity index is 691. The minimum absolute atomic E-state index is 0.483. The van der Waals surface area contributed by atoms with Crippen molar-refractivity contribution < 1.29 is 57.4 Å². The topological polar surface area (TPSA) is 104 Å². The quantitative estimate of drug-likeness (QED) is 0.453. The number of sulfone groups is 2. The number of ether oxygens (including phenoxy) is 2. The maximum absolute atomic E-state index is 12.6. The van der Waals surface area contributed by atoms with E-state index >= 15 is 0 Å². The summed E-state index contributed by atoms with van der Waals surface area (Å²) in [5, 5.41) is 0. The molecule has 0 N–H and O–H groups in total. The first kappa shape index (κ1) is 23.8. The smallest absolute Gasteiger partial charge is 0.431 e. The molecule has 27 heavy (non-hydrogen) atoms. The van der Waals surface area contributed by atoms with Crippen molar-refractivity contribution in [1.82, 2.24) is 0 Å². The van der Waals surface area contributed by atoms with Gasteiger partial charge in [-0.25, -0.2) is 21.6 Å². The fraction of sp³-hybridized carbons (Fsp3) is 0.917. The molecular formula is C12H16F6O7S2. The second kappa shape index (κ2) is 8.01. The molecule has 0 aromatic heterocycles. The van der Waals surface area contributed by atoms with Gasteiger partial charge in [-0.1, -0.05) is 0 Å². The van der Waals surface area contributed by atoms with Gasteiger partial charge in [-0.2, -0.15) is 26.3 Å². The molecule has 1 unspecified atom stereocenters. The number of hydrogen-bond acceptors (Lipinski definition) is 7. The Morgan fingerprint density at radius 3 is 1.74 bits per heavy atom. The van der Waals surface area contributed by atoms with Crippen LogP contribution in [0.2, 0.25) is 0 Å². The Labute approximate surface area is 150 Å². The van der Waals surface area contributed by atoms with Crippen LogP contribution < -0.4 is 0 Å². The zero-order chi connectivity index (χ0) is 21.3. The number of halogens is 6. The first-order chi connectivity index (χ1) is 12.0. The van der Waals surface area contributed by atoms with Crippen molar-refractivity contribution in [2.75, 3.05) is 0 Å². The first-order valence-corrected chi connectivity index (χ1v) is 10.6.